The van der Waals surface area contributed by atoms with Crippen LogP contribution in [0.4, 0.5) is 22.2 Å². The van der Waals surface area contributed by atoms with Gasteiger partial charge in [0.2, 0.25) is 5.95 Å². The largest absolute Gasteiger partial charge is 0.368 e. The van der Waals surface area contributed by atoms with Gasteiger partial charge in [-0.15, -0.1) is 0 Å². The van der Waals surface area contributed by atoms with Gasteiger partial charge in [-0.2, -0.15) is 4.98 Å². The van der Waals surface area contributed by atoms with E-state index >= 15 is 0 Å². The summed E-state index contributed by atoms with van der Waals surface area (Å²) in [5.41, 5.74) is 3.42. The van der Waals surface area contributed by atoms with Crippen molar-refractivity contribution in [3.63, 3.8) is 0 Å². The van der Waals surface area contributed by atoms with Crippen LogP contribution in [0.15, 0.2) is 30.3 Å². The summed E-state index contributed by atoms with van der Waals surface area (Å²) in [7, 11) is 2.06. The van der Waals surface area contributed by atoms with Crippen LogP contribution in [-0.2, 0) is 13.0 Å². The number of carbonyl (C=O) groups is 1. The number of urea groups is 1. The standard InChI is InChI=1S/C23H33N7O/c1-4-24-23(31)30-12-11-20-19(17-30)21(27(3)5-2)26-22(25-20)29-15-13-28(14-16-29)18-9-7-6-8-10-18/h6-10H,4-5,11-17H2,1-3H3,(H,24,31). The van der Waals surface area contributed by atoms with Crippen molar-refractivity contribution in [1.82, 2.24) is 20.2 Å². The lowest BCUT2D eigenvalue weighted by Crippen LogP contribution is -2.47. The molecule has 2 aromatic rings. The van der Waals surface area contributed by atoms with E-state index in [1.807, 2.05) is 11.8 Å². The van der Waals surface area contributed by atoms with Crippen molar-refractivity contribution in [2.24, 2.45) is 0 Å². The van der Waals surface area contributed by atoms with E-state index in [1.165, 1.54) is 5.69 Å². The molecule has 0 saturated carbocycles. The fraction of sp³-hybridized carbons (Fsp3) is 0.522. The molecule has 0 spiro atoms. The van der Waals surface area contributed by atoms with Crippen molar-refractivity contribution in [2.75, 3.05) is 67.6 Å². The Morgan fingerprint density at radius 2 is 1.74 bits per heavy atom. The quantitative estimate of drug-likeness (QED) is 0.796. The molecule has 8 nitrogen and oxygen atoms in total. The molecule has 166 valence electrons. The molecule has 1 fully saturated rings. The summed E-state index contributed by atoms with van der Waals surface area (Å²) >= 11 is 0. The van der Waals surface area contributed by atoms with Crippen LogP contribution in [0.25, 0.3) is 0 Å². The first-order valence-corrected chi connectivity index (χ1v) is 11.3. The van der Waals surface area contributed by atoms with Gasteiger partial charge in [-0.1, -0.05) is 18.2 Å². The Morgan fingerprint density at radius 3 is 2.42 bits per heavy atom. The molecule has 3 heterocycles. The summed E-state index contributed by atoms with van der Waals surface area (Å²) in [4.78, 5) is 31.0. The molecule has 2 amide bonds. The van der Waals surface area contributed by atoms with E-state index in [2.05, 4.69) is 64.3 Å². The maximum atomic E-state index is 12.4. The van der Waals surface area contributed by atoms with Crippen LogP contribution in [-0.4, -0.2) is 73.8 Å². The number of piperazine rings is 1. The number of hydrogen-bond acceptors (Lipinski definition) is 6. The van der Waals surface area contributed by atoms with Crippen LogP contribution in [0.3, 0.4) is 0 Å². The van der Waals surface area contributed by atoms with E-state index in [9.17, 15) is 4.79 Å². The molecule has 0 atom stereocenters. The number of aromatic nitrogens is 2. The third-order valence-electron chi connectivity index (χ3n) is 6.16. The highest BCUT2D eigenvalue weighted by Gasteiger charge is 2.28. The van der Waals surface area contributed by atoms with E-state index in [-0.39, 0.29) is 6.03 Å². The van der Waals surface area contributed by atoms with Gasteiger partial charge >= 0.3 is 6.03 Å². The second-order valence-electron chi connectivity index (χ2n) is 8.10. The van der Waals surface area contributed by atoms with Crippen LogP contribution in [0.1, 0.15) is 25.1 Å². The number of para-hydroxylation sites is 1. The molecule has 0 bridgehead atoms. The van der Waals surface area contributed by atoms with E-state index in [0.29, 0.717) is 19.6 Å². The Morgan fingerprint density at radius 1 is 1.03 bits per heavy atom. The lowest BCUT2D eigenvalue weighted by atomic mass is 10.1. The smallest absolute Gasteiger partial charge is 0.317 e. The topological polar surface area (TPSA) is 67.8 Å². The van der Waals surface area contributed by atoms with Gasteiger partial charge in [0.05, 0.1) is 12.2 Å². The number of hydrogen-bond donors (Lipinski definition) is 1. The maximum Gasteiger partial charge on any atom is 0.317 e. The second-order valence-corrected chi connectivity index (χ2v) is 8.10. The van der Waals surface area contributed by atoms with Crippen LogP contribution in [0.2, 0.25) is 0 Å². The fourth-order valence-electron chi connectivity index (χ4n) is 4.23. The van der Waals surface area contributed by atoms with Crippen molar-refractivity contribution >= 4 is 23.5 Å². The summed E-state index contributed by atoms with van der Waals surface area (Å²) < 4.78 is 0. The van der Waals surface area contributed by atoms with Crippen molar-refractivity contribution in [1.29, 1.82) is 0 Å². The molecular weight excluding hydrogens is 390 g/mol. The molecule has 4 rings (SSSR count). The van der Waals surface area contributed by atoms with E-state index in [4.69, 9.17) is 9.97 Å². The minimum absolute atomic E-state index is 0.0145. The van der Waals surface area contributed by atoms with E-state index in [1.54, 1.807) is 0 Å². The van der Waals surface area contributed by atoms with Crippen LogP contribution in [0, 0.1) is 0 Å². The molecule has 8 heteroatoms. The third-order valence-corrected chi connectivity index (χ3v) is 6.16. The van der Waals surface area contributed by atoms with Crippen molar-refractivity contribution in [2.45, 2.75) is 26.8 Å². The molecule has 1 aromatic carbocycles. The number of amides is 2. The number of anilines is 3. The van der Waals surface area contributed by atoms with Crippen LogP contribution >= 0.6 is 0 Å². The Balaban J connectivity index is 1.54. The fourth-order valence-corrected chi connectivity index (χ4v) is 4.23. The summed E-state index contributed by atoms with van der Waals surface area (Å²) in [5, 5.41) is 2.91. The average molecular weight is 424 g/mol. The Bertz CT molecular complexity index is 896. The van der Waals surface area contributed by atoms with E-state index in [0.717, 1.165) is 62.2 Å². The van der Waals surface area contributed by atoms with E-state index < -0.39 is 0 Å². The van der Waals surface area contributed by atoms with Crippen molar-refractivity contribution in [3.8, 4) is 0 Å². The van der Waals surface area contributed by atoms with Crippen molar-refractivity contribution in [3.05, 3.63) is 41.6 Å². The molecule has 0 unspecified atom stereocenters. The number of fused-ring (bicyclic) bond motifs is 1. The second kappa shape index (κ2) is 9.41. The van der Waals surface area contributed by atoms with Gasteiger partial charge in [-0.05, 0) is 26.0 Å². The summed E-state index contributed by atoms with van der Waals surface area (Å²) in [5.74, 6) is 1.76. The van der Waals surface area contributed by atoms with Crippen LogP contribution < -0.4 is 20.0 Å². The number of nitrogens with one attached hydrogen (secondary N) is 1. The number of benzene rings is 1. The first-order valence-electron chi connectivity index (χ1n) is 11.3. The van der Waals surface area contributed by atoms with Gasteiger partial charge in [0.25, 0.3) is 0 Å². The number of rotatable bonds is 5. The van der Waals surface area contributed by atoms with Gasteiger partial charge < -0.3 is 24.9 Å². The lowest BCUT2D eigenvalue weighted by molar-refractivity contribution is 0.192. The number of nitrogens with zero attached hydrogens (tertiary/aromatic N) is 6. The molecule has 1 saturated heterocycles. The predicted octanol–water partition coefficient (Wildman–Crippen LogP) is 2.35. The molecular formula is C23H33N7O. The van der Waals surface area contributed by atoms with Crippen molar-refractivity contribution < 1.29 is 4.79 Å². The monoisotopic (exact) mass is 423 g/mol. The molecule has 0 aliphatic carbocycles. The molecule has 2 aliphatic heterocycles. The zero-order chi connectivity index (χ0) is 21.8. The maximum absolute atomic E-state index is 12.4. The Labute approximate surface area is 184 Å². The zero-order valence-corrected chi connectivity index (χ0v) is 18.8. The summed E-state index contributed by atoms with van der Waals surface area (Å²) in [6.45, 7) is 10.5. The molecule has 0 radical (unpaired) electrons. The zero-order valence-electron chi connectivity index (χ0n) is 18.8. The highest BCUT2D eigenvalue weighted by molar-refractivity contribution is 5.75. The third kappa shape index (κ3) is 4.52. The lowest BCUT2D eigenvalue weighted by Gasteiger charge is -2.37. The predicted molar refractivity (Wildman–Crippen MR) is 125 cm³/mol. The highest BCUT2D eigenvalue weighted by atomic mass is 16.2. The SMILES string of the molecule is CCNC(=O)N1CCc2nc(N3CCN(c4ccccc4)CC3)nc(N(C)CC)c2C1. The molecule has 1 aromatic heterocycles. The summed E-state index contributed by atoms with van der Waals surface area (Å²) in [6, 6.07) is 10.6. The first-order chi connectivity index (χ1) is 15.1. The number of carbonyl (C=O) groups excluding carboxylic acids is 1. The molecule has 1 N–H and O–H groups in total. The van der Waals surface area contributed by atoms with Gasteiger partial charge in [-0.25, -0.2) is 9.78 Å². The summed E-state index contributed by atoms with van der Waals surface area (Å²) in [6.07, 6.45) is 0.760. The van der Waals surface area contributed by atoms with Gasteiger partial charge in [0.15, 0.2) is 0 Å². The Kier molecular flexibility index (Phi) is 6.44. The molecule has 31 heavy (non-hydrogen) atoms. The minimum atomic E-state index is -0.0145. The first kappa shape index (κ1) is 21.2. The normalized spacial score (nSPS) is 16.2. The average Bonchev–Trinajstić information content (AvgIpc) is 2.83. The Hall–Kier alpha value is -3.03. The van der Waals surface area contributed by atoms with Gasteiger partial charge in [0.1, 0.15) is 5.82 Å². The van der Waals surface area contributed by atoms with Gasteiger partial charge in [0, 0.05) is 70.5 Å². The van der Waals surface area contributed by atoms with Gasteiger partial charge in [-0.3, -0.25) is 0 Å². The van der Waals surface area contributed by atoms with Crippen LogP contribution in [0.5, 0.6) is 0 Å². The highest BCUT2D eigenvalue weighted by Crippen LogP contribution is 2.29. The molecule has 2 aliphatic rings. The minimum Gasteiger partial charge on any atom is -0.368 e.